The predicted molar refractivity (Wildman–Crippen MR) is 130 cm³/mol. The molecule has 0 aromatic heterocycles. The van der Waals surface area contributed by atoms with E-state index in [4.69, 9.17) is 19.0 Å². The third-order valence-electron chi connectivity index (χ3n) is 6.43. The Labute approximate surface area is 207 Å². The van der Waals surface area contributed by atoms with Crippen LogP contribution in [0.5, 0.6) is 11.5 Å². The zero-order valence-electron chi connectivity index (χ0n) is 19.9. The van der Waals surface area contributed by atoms with Gasteiger partial charge in [-0.15, -0.1) is 0 Å². The first kappa shape index (κ1) is 23.4. The van der Waals surface area contributed by atoms with E-state index in [1.807, 2.05) is 36.4 Å². The number of fused-ring (bicyclic) bond motifs is 1. The highest BCUT2D eigenvalue weighted by atomic mass is 16.7. The average Bonchev–Trinajstić information content (AvgIpc) is 3.43. The molecule has 9 nitrogen and oxygen atoms in total. The second-order valence-corrected chi connectivity index (χ2v) is 8.32. The van der Waals surface area contributed by atoms with Gasteiger partial charge in [0.1, 0.15) is 17.4 Å². The van der Waals surface area contributed by atoms with Crippen molar-refractivity contribution in [3.8, 4) is 11.5 Å². The summed E-state index contributed by atoms with van der Waals surface area (Å²) in [7, 11) is 4.38. The van der Waals surface area contributed by atoms with Crippen molar-refractivity contribution in [3.05, 3.63) is 83.9 Å². The molecule has 2 fully saturated rings. The molecule has 9 heteroatoms. The number of ether oxygens (including phenoxy) is 3. The molecule has 5 rings (SSSR count). The van der Waals surface area contributed by atoms with Gasteiger partial charge in [0.2, 0.25) is 5.91 Å². The molecular weight excluding hydrogens is 464 g/mol. The van der Waals surface area contributed by atoms with E-state index in [0.29, 0.717) is 34.0 Å². The van der Waals surface area contributed by atoms with Crippen LogP contribution in [0.4, 0.5) is 11.4 Å². The maximum atomic E-state index is 13.8. The molecule has 2 aliphatic rings. The summed E-state index contributed by atoms with van der Waals surface area (Å²) in [5.41, 5.74) is 2.04. The van der Waals surface area contributed by atoms with Gasteiger partial charge in [-0.3, -0.25) is 14.4 Å². The Morgan fingerprint density at radius 2 is 1.56 bits per heavy atom. The minimum Gasteiger partial charge on any atom is -0.497 e. The van der Waals surface area contributed by atoms with Crippen LogP contribution in [0.15, 0.2) is 72.8 Å². The lowest BCUT2D eigenvalue weighted by Gasteiger charge is -2.29. The van der Waals surface area contributed by atoms with Crippen LogP contribution in [0.2, 0.25) is 0 Å². The number of hydrogen-bond acceptors (Lipinski definition) is 8. The maximum Gasteiger partial charge on any atom is 0.337 e. The highest BCUT2D eigenvalue weighted by Crippen LogP contribution is 2.49. The number of anilines is 2. The standard InChI is InChI=1S/C27H24N2O7/c1-33-19-13-14-20(21(15-19)34-2)23-22-24(36-29(23)18-7-5-4-6-8-18)26(31)28(25(22)30)17-11-9-16(10-12-17)27(32)35-3/h4-15,22-24H,1-3H3/t22-,23+,24-/m1/s1. The third-order valence-corrected chi connectivity index (χ3v) is 6.43. The molecule has 0 N–H and O–H groups in total. The van der Waals surface area contributed by atoms with Gasteiger partial charge in [-0.2, -0.15) is 0 Å². The molecule has 2 amide bonds. The Balaban J connectivity index is 1.57. The van der Waals surface area contributed by atoms with Gasteiger partial charge in [0.15, 0.2) is 6.10 Å². The number of carbonyl (C=O) groups is 3. The molecule has 36 heavy (non-hydrogen) atoms. The summed E-state index contributed by atoms with van der Waals surface area (Å²) in [6.07, 6.45) is -1.03. The van der Waals surface area contributed by atoms with Crippen molar-refractivity contribution >= 4 is 29.2 Å². The molecule has 2 aliphatic heterocycles. The summed E-state index contributed by atoms with van der Waals surface area (Å²) >= 11 is 0. The molecule has 2 heterocycles. The number of amides is 2. The molecule has 3 aromatic rings. The van der Waals surface area contributed by atoms with Crippen LogP contribution in [0.1, 0.15) is 22.0 Å². The van der Waals surface area contributed by atoms with E-state index < -0.39 is 35.8 Å². The fourth-order valence-corrected chi connectivity index (χ4v) is 4.71. The highest BCUT2D eigenvalue weighted by Gasteiger charge is 2.60. The Hall–Kier alpha value is -4.37. The molecular formula is C27H24N2O7. The molecule has 0 radical (unpaired) electrons. The quantitative estimate of drug-likeness (QED) is 0.384. The maximum absolute atomic E-state index is 13.8. The van der Waals surface area contributed by atoms with Crippen LogP contribution in [-0.2, 0) is 19.2 Å². The van der Waals surface area contributed by atoms with Crippen molar-refractivity contribution in [2.75, 3.05) is 31.3 Å². The van der Waals surface area contributed by atoms with E-state index >= 15 is 0 Å². The van der Waals surface area contributed by atoms with Crippen LogP contribution >= 0.6 is 0 Å². The predicted octanol–water partition coefficient (Wildman–Crippen LogP) is 3.54. The van der Waals surface area contributed by atoms with E-state index in [9.17, 15) is 14.4 Å². The zero-order valence-corrected chi connectivity index (χ0v) is 19.9. The van der Waals surface area contributed by atoms with Gasteiger partial charge < -0.3 is 14.2 Å². The summed E-state index contributed by atoms with van der Waals surface area (Å²) < 4.78 is 15.7. The minimum atomic E-state index is -1.03. The normalized spacial score (nSPS) is 20.9. The Bertz CT molecular complexity index is 1310. The van der Waals surface area contributed by atoms with Gasteiger partial charge in [0.05, 0.1) is 44.3 Å². The minimum absolute atomic E-state index is 0.313. The first-order chi connectivity index (χ1) is 17.5. The van der Waals surface area contributed by atoms with Crippen molar-refractivity contribution < 1.29 is 33.4 Å². The van der Waals surface area contributed by atoms with Crippen LogP contribution in [-0.4, -0.2) is 45.2 Å². The summed E-state index contributed by atoms with van der Waals surface area (Å²) in [6.45, 7) is 0. The summed E-state index contributed by atoms with van der Waals surface area (Å²) in [5.74, 6) is -1.13. The molecule has 3 aromatic carbocycles. The lowest BCUT2D eigenvalue weighted by atomic mass is 9.90. The van der Waals surface area contributed by atoms with E-state index in [-0.39, 0.29) is 0 Å². The Morgan fingerprint density at radius 3 is 2.19 bits per heavy atom. The first-order valence-corrected chi connectivity index (χ1v) is 11.3. The van der Waals surface area contributed by atoms with Crippen molar-refractivity contribution in [2.45, 2.75) is 12.1 Å². The highest BCUT2D eigenvalue weighted by molar-refractivity contribution is 6.24. The second kappa shape index (κ2) is 9.35. The third kappa shape index (κ3) is 3.74. The first-order valence-electron chi connectivity index (χ1n) is 11.3. The largest absolute Gasteiger partial charge is 0.497 e. The molecule has 0 bridgehead atoms. The second-order valence-electron chi connectivity index (χ2n) is 8.32. The number of nitrogens with zero attached hydrogens (tertiary/aromatic N) is 2. The van der Waals surface area contributed by atoms with Gasteiger partial charge in [0, 0.05) is 11.6 Å². The lowest BCUT2D eigenvalue weighted by Crippen LogP contribution is -2.37. The molecule has 3 atom stereocenters. The lowest BCUT2D eigenvalue weighted by molar-refractivity contribution is -0.126. The summed E-state index contributed by atoms with van der Waals surface area (Å²) in [5, 5.41) is 1.60. The summed E-state index contributed by atoms with van der Waals surface area (Å²) in [4.78, 5) is 46.4. The van der Waals surface area contributed by atoms with E-state index in [1.54, 1.807) is 36.4 Å². The number of methoxy groups -OCH3 is 3. The molecule has 0 aliphatic carbocycles. The van der Waals surface area contributed by atoms with Crippen LogP contribution in [0.3, 0.4) is 0 Å². The van der Waals surface area contributed by atoms with Gasteiger partial charge in [0.25, 0.3) is 5.91 Å². The van der Waals surface area contributed by atoms with Crippen molar-refractivity contribution in [2.24, 2.45) is 5.92 Å². The number of hydroxylamine groups is 1. The van der Waals surface area contributed by atoms with E-state index in [0.717, 1.165) is 4.90 Å². The average molecular weight is 488 g/mol. The number of rotatable bonds is 6. The van der Waals surface area contributed by atoms with Crippen molar-refractivity contribution in [1.29, 1.82) is 0 Å². The van der Waals surface area contributed by atoms with E-state index in [2.05, 4.69) is 0 Å². The Morgan fingerprint density at radius 1 is 0.833 bits per heavy atom. The monoisotopic (exact) mass is 488 g/mol. The number of para-hydroxylation sites is 1. The molecule has 0 spiro atoms. The molecule has 0 unspecified atom stereocenters. The fourth-order valence-electron chi connectivity index (χ4n) is 4.71. The topological polar surface area (TPSA) is 94.6 Å². The van der Waals surface area contributed by atoms with Gasteiger partial charge in [-0.05, 0) is 48.5 Å². The van der Waals surface area contributed by atoms with Crippen LogP contribution < -0.4 is 19.4 Å². The smallest absolute Gasteiger partial charge is 0.337 e. The van der Waals surface area contributed by atoms with Gasteiger partial charge in [-0.1, -0.05) is 18.2 Å². The number of hydrogen-bond donors (Lipinski definition) is 0. The summed E-state index contributed by atoms with van der Waals surface area (Å²) in [6, 6.07) is 20.1. The van der Waals surface area contributed by atoms with Gasteiger partial charge >= 0.3 is 5.97 Å². The van der Waals surface area contributed by atoms with Crippen LogP contribution in [0, 0.1) is 5.92 Å². The van der Waals surface area contributed by atoms with Crippen molar-refractivity contribution in [3.63, 3.8) is 0 Å². The number of carbonyl (C=O) groups excluding carboxylic acids is 3. The Kier molecular flexibility index (Phi) is 6.07. The molecule has 2 saturated heterocycles. The van der Waals surface area contributed by atoms with Crippen molar-refractivity contribution in [1.82, 2.24) is 0 Å². The molecule has 0 saturated carbocycles. The van der Waals surface area contributed by atoms with Crippen LogP contribution in [0.25, 0.3) is 0 Å². The molecule has 184 valence electrons. The SMILES string of the molecule is COC(=O)c1ccc(N2C(=O)[C@H]3[C@@H](ON(c4ccccc4)[C@H]3c3ccc(OC)cc3OC)C2=O)cc1. The van der Waals surface area contributed by atoms with E-state index in [1.165, 1.54) is 26.4 Å². The zero-order chi connectivity index (χ0) is 25.4. The fraction of sp³-hybridized carbons (Fsp3) is 0.222. The number of benzene rings is 3. The van der Waals surface area contributed by atoms with Gasteiger partial charge in [-0.25, -0.2) is 14.8 Å². The number of imide groups is 1. The number of esters is 1.